The van der Waals surface area contributed by atoms with Crippen molar-refractivity contribution in [2.75, 3.05) is 26.2 Å². The Hall–Kier alpha value is -1.95. The van der Waals surface area contributed by atoms with Crippen molar-refractivity contribution in [3.05, 3.63) is 35.6 Å². The number of carbonyl (C=O) groups is 2. The first-order valence-electron chi connectivity index (χ1n) is 9.62. The third-order valence-electron chi connectivity index (χ3n) is 6.06. The Kier molecular flexibility index (Phi) is 4.94. The Balaban J connectivity index is 1.32. The van der Waals surface area contributed by atoms with Gasteiger partial charge in [0.05, 0.1) is 6.54 Å². The Morgan fingerprint density at radius 1 is 1.23 bits per heavy atom. The lowest BCUT2D eigenvalue weighted by atomic mass is 9.76. The number of fused-ring (bicyclic) bond motifs is 4. The highest BCUT2D eigenvalue weighted by molar-refractivity contribution is 5.78. The van der Waals surface area contributed by atoms with Crippen LogP contribution < -0.4 is 5.32 Å². The van der Waals surface area contributed by atoms with E-state index in [-0.39, 0.29) is 18.3 Å². The number of piperidine rings is 3. The van der Waals surface area contributed by atoms with Crippen molar-refractivity contribution in [1.82, 2.24) is 15.1 Å². The smallest absolute Gasteiger partial charge is 0.234 e. The van der Waals surface area contributed by atoms with Gasteiger partial charge in [-0.25, -0.2) is 4.39 Å². The highest BCUT2D eigenvalue weighted by atomic mass is 19.1. The fourth-order valence-electron chi connectivity index (χ4n) is 4.94. The summed E-state index contributed by atoms with van der Waals surface area (Å²) in [5.74, 6) is 0.900. The van der Waals surface area contributed by atoms with Crippen molar-refractivity contribution in [3.63, 3.8) is 0 Å². The van der Waals surface area contributed by atoms with E-state index in [2.05, 4.69) is 15.1 Å². The minimum atomic E-state index is -0.289. The van der Waals surface area contributed by atoms with Gasteiger partial charge in [0.25, 0.3) is 0 Å². The molecule has 3 atom stereocenters. The van der Waals surface area contributed by atoms with Crippen molar-refractivity contribution >= 4 is 11.8 Å². The number of hydrogen-bond donors (Lipinski definition) is 1. The van der Waals surface area contributed by atoms with Gasteiger partial charge in [0.15, 0.2) is 0 Å². The maximum Gasteiger partial charge on any atom is 0.234 e. The molecule has 0 spiro atoms. The summed E-state index contributed by atoms with van der Waals surface area (Å²) in [6, 6.07) is 6.87. The number of benzene rings is 1. The molecule has 4 rings (SSSR count). The molecule has 1 N–H and O–H groups in total. The topological polar surface area (TPSA) is 52.7 Å². The van der Waals surface area contributed by atoms with Crippen molar-refractivity contribution in [2.24, 2.45) is 11.8 Å². The van der Waals surface area contributed by atoms with E-state index in [1.54, 1.807) is 18.2 Å². The van der Waals surface area contributed by atoms with Gasteiger partial charge in [-0.2, -0.15) is 0 Å². The first-order valence-corrected chi connectivity index (χ1v) is 9.62. The van der Waals surface area contributed by atoms with Gasteiger partial charge in [-0.05, 0) is 37.2 Å². The summed E-state index contributed by atoms with van der Waals surface area (Å²) in [5, 5.41) is 2.83. The molecule has 6 heteroatoms. The average Bonchev–Trinajstić information content (AvgIpc) is 2.62. The molecule has 2 bridgehead atoms. The van der Waals surface area contributed by atoms with Gasteiger partial charge in [-0.3, -0.25) is 14.5 Å². The van der Waals surface area contributed by atoms with Crippen LogP contribution in [0.2, 0.25) is 0 Å². The fraction of sp³-hybridized carbons (Fsp3) is 0.600. The molecule has 3 fully saturated rings. The SMILES string of the molecule is O=C(CN1C[C@H]2C[C@H](C1)[C@H]1CCCC(=O)N1C2)NCc1ccccc1F. The maximum atomic E-state index is 13.7. The zero-order chi connectivity index (χ0) is 18.1. The quantitative estimate of drug-likeness (QED) is 0.892. The molecule has 0 aromatic heterocycles. The normalized spacial score (nSPS) is 28.6. The van der Waals surface area contributed by atoms with E-state index in [0.29, 0.717) is 42.3 Å². The van der Waals surface area contributed by atoms with Crippen molar-refractivity contribution in [1.29, 1.82) is 0 Å². The van der Waals surface area contributed by atoms with Gasteiger partial charge in [0, 0.05) is 44.2 Å². The largest absolute Gasteiger partial charge is 0.351 e. The lowest BCUT2D eigenvalue weighted by Gasteiger charge is -2.52. The summed E-state index contributed by atoms with van der Waals surface area (Å²) in [4.78, 5) is 28.8. The molecule has 26 heavy (non-hydrogen) atoms. The minimum Gasteiger partial charge on any atom is -0.351 e. The van der Waals surface area contributed by atoms with Crippen LogP contribution in [0.5, 0.6) is 0 Å². The van der Waals surface area contributed by atoms with E-state index >= 15 is 0 Å². The highest BCUT2D eigenvalue weighted by Crippen LogP contribution is 2.37. The van der Waals surface area contributed by atoms with Gasteiger partial charge in [0.2, 0.25) is 11.8 Å². The van der Waals surface area contributed by atoms with Crippen LogP contribution in [0, 0.1) is 17.7 Å². The molecular formula is C20H26FN3O2. The second-order valence-corrected chi connectivity index (χ2v) is 7.93. The number of rotatable bonds is 4. The number of likely N-dealkylation sites (tertiary alicyclic amines) is 1. The summed E-state index contributed by atoms with van der Waals surface area (Å²) in [7, 11) is 0. The van der Waals surface area contributed by atoms with Crippen molar-refractivity contribution in [2.45, 2.75) is 38.3 Å². The molecule has 140 valence electrons. The molecule has 3 aliphatic rings. The molecule has 1 aromatic rings. The molecule has 5 nitrogen and oxygen atoms in total. The van der Waals surface area contributed by atoms with Crippen LogP contribution in [-0.2, 0) is 16.1 Å². The van der Waals surface area contributed by atoms with E-state index in [4.69, 9.17) is 0 Å². The third kappa shape index (κ3) is 3.61. The Labute approximate surface area is 153 Å². The van der Waals surface area contributed by atoms with Crippen LogP contribution in [-0.4, -0.2) is 53.8 Å². The van der Waals surface area contributed by atoms with Gasteiger partial charge in [0.1, 0.15) is 5.82 Å². The predicted octanol–water partition coefficient (Wildman–Crippen LogP) is 1.77. The summed E-state index contributed by atoms with van der Waals surface area (Å²) in [6.45, 7) is 3.14. The monoisotopic (exact) mass is 359 g/mol. The summed E-state index contributed by atoms with van der Waals surface area (Å²) >= 11 is 0. The number of nitrogens with zero attached hydrogens (tertiary/aromatic N) is 2. The zero-order valence-corrected chi connectivity index (χ0v) is 15.0. The van der Waals surface area contributed by atoms with Crippen LogP contribution >= 0.6 is 0 Å². The molecule has 1 aromatic carbocycles. The van der Waals surface area contributed by atoms with Crippen LogP contribution in [0.3, 0.4) is 0 Å². The van der Waals surface area contributed by atoms with E-state index in [1.165, 1.54) is 12.5 Å². The second kappa shape index (κ2) is 7.35. The molecule has 0 radical (unpaired) electrons. The molecular weight excluding hydrogens is 333 g/mol. The lowest BCUT2D eigenvalue weighted by molar-refractivity contribution is -0.145. The first kappa shape index (κ1) is 17.5. The fourth-order valence-corrected chi connectivity index (χ4v) is 4.94. The number of amides is 2. The highest BCUT2D eigenvalue weighted by Gasteiger charge is 2.43. The molecule has 0 saturated carbocycles. The van der Waals surface area contributed by atoms with E-state index in [0.717, 1.165) is 32.5 Å². The van der Waals surface area contributed by atoms with E-state index < -0.39 is 0 Å². The van der Waals surface area contributed by atoms with Gasteiger partial charge in [-0.15, -0.1) is 0 Å². The summed E-state index contributed by atoms with van der Waals surface area (Å²) in [6.07, 6.45) is 3.95. The number of halogens is 1. The molecule has 0 unspecified atom stereocenters. The number of nitrogens with one attached hydrogen (secondary N) is 1. The van der Waals surface area contributed by atoms with Crippen molar-refractivity contribution < 1.29 is 14.0 Å². The second-order valence-electron chi connectivity index (χ2n) is 7.93. The van der Waals surface area contributed by atoms with Crippen LogP contribution in [0.15, 0.2) is 24.3 Å². The molecule has 3 aliphatic heterocycles. The molecule has 3 saturated heterocycles. The number of hydrogen-bond acceptors (Lipinski definition) is 3. The summed E-state index contributed by atoms with van der Waals surface area (Å²) in [5.41, 5.74) is 0.507. The molecule has 0 aliphatic carbocycles. The van der Waals surface area contributed by atoms with Crippen LogP contribution in [0.25, 0.3) is 0 Å². The Bertz CT molecular complexity index is 695. The Morgan fingerprint density at radius 2 is 2.08 bits per heavy atom. The zero-order valence-electron chi connectivity index (χ0n) is 15.0. The Morgan fingerprint density at radius 3 is 2.92 bits per heavy atom. The average molecular weight is 359 g/mol. The molecule has 2 amide bonds. The molecule has 3 heterocycles. The van der Waals surface area contributed by atoms with Crippen LogP contribution in [0.4, 0.5) is 4.39 Å². The van der Waals surface area contributed by atoms with Gasteiger partial charge in [-0.1, -0.05) is 18.2 Å². The van der Waals surface area contributed by atoms with Crippen molar-refractivity contribution in [3.8, 4) is 0 Å². The standard InChI is InChI=1S/C20H26FN3O2/c21-17-5-2-1-4-15(17)9-22-19(25)13-23-10-14-8-16(12-23)18-6-3-7-20(26)24(18)11-14/h1-2,4-5,14,16,18H,3,6-13H2,(H,22,25)/t14-,16-,18-/m1/s1. The van der Waals surface area contributed by atoms with Gasteiger partial charge < -0.3 is 10.2 Å². The summed E-state index contributed by atoms with van der Waals surface area (Å²) < 4.78 is 13.7. The maximum absolute atomic E-state index is 13.7. The third-order valence-corrected chi connectivity index (χ3v) is 6.06. The van der Waals surface area contributed by atoms with E-state index in [9.17, 15) is 14.0 Å². The first-order chi connectivity index (χ1) is 12.6. The number of carbonyl (C=O) groups excluding carboxylic acids is 2. The lowest BCUT2D eigenvalue weighted by Crippen LogP contribution is -2.61. The van der Waals surface area contributed by atoms with Crippen LogP contribution in [0.1, 0.15) is 31.2 Å². The van der Waals surface area contributed by atoms with Gasteiger partial charge >= 0.3 is 0 Å². The predicted molar refractivity (Wildman–Crippen MR) is 95.6 cm³/mol. The minimum absolute atomic E-state index is 0.0650. The van der Waals surface area contributed by atoms with E-state index in [1.807, 2.05) is 0 Å².